The summed E-state index contributed by atoms with van der Waals surface area (Å²) in [7, 11) is 0. The molecule has 7 rings (SSSR count). The maximum atomic E-state index is 3.91. The Morgan fingerprint density at radius 3 is 1.86 bits per heavy atom. The Hall–Kier alpha value is -4.16. The molecule has 0 saturated carbocycles. The van der Waals surface area contributed by atoms with Crippen LogP contribution in [0.2, 0.25) is 0 Å². The minimum absolute atomic E-state index is 0.292. The molecule has 0 aliphatic heterocycles. The summed E-state index contributed by atoms with van der Waals surface area (Å²) in [6.45, 7) is 8.46. The molecule has 0 heteroatoms. The second kappa shape index (κ2) is 8.18. The van der Waals surface area contributed by atoms with Crippen LogP contribution in [0.15, 0.2) is 116 Å². The van der Waals surface area contributed by atoms with E-state index in [0.29, 0.717) is 5.92 Å². The standard InChI is InChI=1S/C37H30/c1-4-26-14-16-27(17-15-26)25(3)28-18-20-32-31-19-13-24(2)21-35(31)37(36(32)23-28)33-11-7-5-9-29(33)22-30-10-6-8-12-34(30)37/h4-21,23,25H,1,22H2,2-3H3. The Labute approximate surface area is 220 Å². The van der Waals surface area contributed by atoms with Gasteiger partial charge in [0.25, 0.3) is 0 Å². The Bertz CT molecular complexity index is 1640. The van der Waals surface area contributed by atoms with E-state index in [2.05, 4.69) is 130 Å². The van der Waals surface area contributed by atoms with Crippen LogP contribution < -0.4 is 0 Å². The molecule has 0 aromatic heterocycles. The third kappa shape index (κ3) is 3.09. The van der Waals surface area contributed by atoms with E-state index in [1.165, 1.54) is 61.2 Å². The maximum absolute atomic E-state index is 3.91. The lowest BCUT2D eigenvalue weighted by Gasteiger charge is -2.40. The number of hydrogen-bond donors (Lipinski definition) is 0. The summed E-state index contributed by atoms with van der Waals surface area (Å²) in [6.07, 6.45) is 2.89. The first-order chi connectivity index (χ1) is 18.1. The summed E-state index contributed by atoms with van der Waals surface area (Å²) in [5.41, 5.74) is 16.1. The fourth-order valence-electron chi connectivity index (χ4n) is 6.85. The lowest BCUT2D eigenvalue weighted by molar-refractivity contribution is 0.719. The van der Waals surface area contributed by atoms with Gasteiger partial charge in [-0.05, 0) is 74.5 Å². The van der Waals surface area contributed by atoms with Crippen molar-refractivity contribution in [1.82, 2.24) is 0 Å². The van der Waals surface area contributed by atoms with Crippen LogP contribution in [-0.4, -0.2) is 0 Å². The number of aryl methyl sites for hydroxylation is 1. The van der Waals surface area contributed by atoms with E-state index in [-0.39, 0.29) is 5.41 Å². The maximum Gasteiger partial charge on any atom is 0.0719 e. The molecule has 0 amide bonds. The first-order valence-corrected chi connectivity index (χ1v) is 13.3. The van der Waals surface area contributed by atoms with Gasteiger partial charge in [-0.1, -0.05) is 134 Å². The third-order valence-corrected chi connectivity index (χ3v) is 8.71. The zero-order valence-corrected chi connectivity index (χ0v) is 21.5. The molecule has 178 valence electrons. The summed E-state index contributed by atoms with van der Waals surface area (Å²) < 4.78 is 0. The zero-order chi connectivity index (χ0) is 25.1. The molecule has 0 saturated heterocycles. The van der Waals surface area contributed by atoms with Crippen molar-refractivity contribution < 1.29 is 0 Å². The molecule has 0 heterocycles. The average molecular weight is 475 g/mol. The third-order valence-electron chi connectivity index (χ3n) is 8.71. The number of benzene rings is 5. The topological polar surface area (TPSA) is 0 Å². The summed E-state index contributed by atoms with van der Waals surface area (Å²) in [4.78, 5) is 0. The Morgan fingerprint density at radius 1 is 0.649 bits per heavy atom. The second-order valence-electron chi connectivity index (χ2n) is 10.7. The van der Waals surface area contributed by atoms with Crippen LogP contribution in [-0.2, 0) is 11.8 Å². The van der Waals surface area contributed by atoms with Gasteiger partial charge in [0, 0.05) is 5.92 Å². The van der Waals surface area contributed by atoms with E-state index in [4.69, 9.17) is 0 Å². The first-order valence-electron chi connectivity index (χ1n) is 13.3. The second-order valence-corrected chi connectivity index (χ2v) is 10.7. The quantitative estimate of drug-likeness (QED) is 0.240. The van der Waals surface area contributed by atoms with Crippen molar-refractivity contribution in [2.24, 2.45) is 0 Å². The van der Waals surface area contributed by atoms with Crippen LogP contribution in [0.4, 0.5) is 0 Å². The summed E-state index contributed by atoms with van der Waals surface area (Å²) in [6, 6.07) is 41.3. The van der Waals surface area contributed by atoms with Crippen LogP contribution in [0.3, 0.4) is 0 Å². The molecular weight excluding hydrogens is 444 g/mol. The Balaban J connectivity index is 1.53. The summed E-state index contributed by atoms with van der Waals surface area (Å²) in [5, 5.41) is 0. The van der Waals surface area contributed by atoms with E-state index < -0.39 is 0 Å². The fourth-order valence-corrected chi connectivity index (χ4v) is 6.85. The van der Waals surface area contributed by atoms with Crippen molar-refractivity contribution in [2.75, 3.05) is 0 Å². The summed E-state index contributed by atoms with van der Waals surface area (Å²) >= 11 is 0. The number of hydrogen-bond acceptors (Lipinski definition) is 0. The van der Waals surface area contributed by atoms with Gasteiger partial charge < -0.3 is 0 Å². The van der Waals surface area contributed by atoms with E-state index in [0.717, 1.165) is 12.0 Å². The van der Waals surface area contributed by atoms with Crippen molar-refractivity contribution in [3.8, 4) is 11.1 Å². The number of rotatable bonds is 3. The molecule has 0 N–H and O–H groups in total. The van der Waals surface area contributed by atoms with E-state index in [1.807, 2.05) is 6.08 Å². The molecular formula is C37H30. The fraction of sp³-hybridized carbons (Fsp3) is 0.135. The molecule has 1 unspecified atom stereocenters. The molecule has 2 aliphatic rings. The SMILES string of the molecule is C=Cc1ccc(C(C)c2ccc3c(c2)C2(c4ccccc4Cc4ccccc42)c2cc(C)ccc2-3)cc1. The lowest BCUT2D eigenvalue weighted by Crippen LogP contribution is -2.34. The molecule has 5 aromatic rings. The first kappa shape index (κ1) is 22.1. The molecule has 0 fully saturated rings. The van der Waals surface area contributed by atoms with Crippen LogP contribution in [0.25, 0.3) is 17.2 Å². The largest absolute Gasteiger partial charge is 0.0985 e. The highest BCUT2D eigenvalue weighted by molar-refractivity contribution is 5.88. The molecule has 1 atom stereocenters. The van der Waals surface area contributed by atoms with Gasteiger partial charge in [0.15, 0.2) is 0 Å². The minimum Gasteiger partial charge on any atom is -0.0985 e. The average Bonchev–Trinajstić information content (AvgIpc) is 3.22. The Morgan fingerprint density at radius 2 is 1.22 bits per heavy atom. The zero-order valence-electron chi connectivity index (χ0n) is 21.5. The van der Waals surface area contributed by atoms with Gasteiger partial charge in [-0.3, -0.25) is 0 Å². The lowest BCUT2D eigenvalue weighted by atomic mass is 9.61. The molecule has 0 bridgehead atoms. The summed E-state index contributed by atoms with van der Waals surface area (Å²) in [5.74, 6) is 0.292. The molecule has 1 spiro atoms. The highest BCUT2D eigenvalue weighted by Crippen LogP contribution is 2.59. The monoisotopic (exact) mass is 474 g/mol. The molecule has 0 nitrogen and oxygen atoms in total. The predicted molar refractivity (Wildman–Crippen MR) is 155 cm³/mol. The minimum atomic E-state index is -0.301. The number of fused-ring (bicyclic) bond motifs is 9. The van der Waals surface area contributed by atoms with Gasteiger partial charge in [-0.15, -0.1) is 0 Å². The highest BCUT2D eigenvalue weighted by Gasteiger charge is 2.49. The van der Waals surface area contributed by atoms with Crippen molar-refractivity contribution in [3.05, 3.63) is 171 Å². The normalized spacial score (nSPS) is 14.9. The van der Waals surface area contributed by atoms with Gasteiger partial charge in [0.2, 0.25) is 0 Å². The molecule has 0 radical (unpaired) electrons. The molecule has 37 heavy (non-hydrogen) atoms. The van der Waals surface area contributed by atoms with Crippen LogP contribution >= 0.6 is 0 Å². The van der Waals surface area contributed by atoms with Gasteiger partial charge in [-0.25, -0.2) is 0 Å². The van der Waals surface area contributed by atoms with E-state index >= 15 is 0 Å². The smallest absolute Gasteiger partial charge is 0.0719 e. The van der Waals surface area contributed by atoms with Gasteiger partial charge in [0.1, 0.15) is 0 Å². The van der Waals surface area contributed by atoms with Crippen LogP contribution in [0.1, 0.15) is 68.5 Å². The van der Waals surface area contributed by atoms with Crippen molar-refractivity contribution in [1.29, 1.82) is 0 Å². The highest BCUT2D eigenvalue weighted by atomic mass is 14.5. The Kier molecular flexibility index (Phi) is 4.88. The van der Waals surface area contributed by atoms with Crippen molar-refractivity contribution >= 4 is 6.08 Å². The predicted octanol–water partition coefficient (Wildman–Crippen LogP) is 9.06. The van der Waals surface area contributed by atoms with Gasteiger partial charge in [-0.2, -0.15) is 0 Å². The molecule has 5 aromatic carbocycles. The van der Waals surface area contributed by atoms with Crippen molar-refractivity contribution in [2.45, 2.75) is 31.6 Å². The molecule has 2 aliphatic carbocycles. The van der Waals surface area contributed by atoms with Crippen LogP contribution in [0.5, 0.6) is 0 Å². The van der Waals surface area contributed by atoms with Crippen LogP contribution in [0, 0.1) is 6.92 Å². The van der Waals surface area contributed by atoms with Gasteiger partial charge in [0.05, 0.1) is 5.41 Å². The van der Waals surface area contributed by atoms with E-state index in [9.17, 15) is 0 Å². The van der Waals surface area contributed by atoms with Crippen molar-refractivity contribution in [3.63, 3.8) is 0 Å². The van der Waals surface area contributed by atoms with Gasteiger partial charge >= 0.3 is 0 Å². The van der Waals surface area contributed by atoms with E-state index in [1.54, 1.807) is 0 Å².